The van der Waals surface area contributed by atoms with Crippen molar-refractivity contribution in [1.82, 2.24) is 0 Å². The summed E-state index contributed by atoms with van der Waals surface area (Å²) in [5, 5.41) is 2.86. The largest absolute Gasteiger partial charge is 0.493 e. The Morgan fingerprint density at radius 2 is 1.96 bits per heavy atom. The standard InChI is InChI=1S/C21H25NO4/c1-4-8-16-11-12-19(20(13-16)24-3)26-15-21(23)22-18-10-7-6-9-17(18)14-25-5-2/h4,6-13H,5,14-15H2,1-3H3,(H,22,23)/b8-4+. The first kappa shape index (κ1) is 19.5. The summed E-state index contributed by atoms with van der Waals surface area (Å²) >= 11 is 0. The van der Waals surface area contributed by atoms with Crippen molar-refractivity contribution >= 4 is 17.7 Å². The second-order valence-corrected chi connectivity index (χ2v) is 5.54. The summed E-state index contributed by atoms with van der Waals surface area (Å²) in [5.74, 6) is 0.872. The maximum absolute atomic E-state index is 12.3. The van der Waals surface area contributed by atoms with Crippen molar-refractivity contribution in [2.45, 2.75) is 20.5 Å². The Morgan fingerprint density at radius 3 is 2.69 bits per heavy atom. The lowest BCUT2D eigenvalue weighted by Gasteiger charge is -2.13. The van der Waals surface area contributed by atoms with Gasteiger partial charge in [0.2, 0.25) is 0 Å². The lowest BCUT2D eigenvalue weighted by Crippen LogP contribution is -2.21. The summed E-state index contributed by atoms with van der Waals surface area (Å²) in [6.07, 6.45) is 3.91. The van der Waals surface area contributed by atoms with E-state index in [-0.39, 0.29) is 12.5 Å². The number of para-hydroxylation sites is 1. The van der Waals surface area contributed by atoms with Crippen LogP contribution in [-0.4, -0.2) is 26.2 Å². The molecule has 1 amide bonds. The van der Waals surface area contributed by atoms with Crippen LogP contribution in [0.2, 0.25) is 0 Å². The van der Waals surface area contributed by atoms with Gasteiger partial charge in [0.05, 0.1) is 13.7 Å². The molecular formula is C21H25NO4. The highest BCUT2D eigenvalue weighted by atomic mass is 16.5. The molecule has 5 heteroatoms. The number of carbonyl (C=O) groups is 1. The van der Waals surface area contributed by atoms with E-state index in [1.165, 1.54) is 0 Å². The number of nitrogens with one attached hydrogen (secondary N) is 1. The van der Waals surface area contributed by atoms with Crippen LogP contribution < -0.4 is 14.8 Å². The smallest absolute Gasteiger partial charge is 0.262 e. The van der Waals surface area contributed by atoms with E-state index in [9.17, 15) is 4.79 Å². The summed E-state index contributed by atoms with van der Waals surface area (Å²) in [6, 6.07) is 13.1. The van der Waals surface area contributed by atoms with Crippen molar-refractivity contribution in [1.29, 1.82) is 0 Å². The van der Waals surface area contributed by atoms with Gasteiger partial charge in [0, 0.05) is 17.9 Å². The number of hydrogen-bond donors (Lipinski definition) is 1. The van der Waals surface area contributed by atoms with E-state index >= 15 is 0 Å². The zero-order valence-electron chi connectivity index (χ0n) is 15.5. The minimum absolute atomic E-state index is 0.109. The zero-order chi connectivity index (χ0) is 18.8. The SMILES string of the molecule is C/C=C/c1ccc(OCC(=O)Nc2ccccc2COCC)c(OC)c1. The zero-order valence-corrected chi connectivity index (χ0v) is 15.5. The summed E-state index contributed by atoms with van der Waals surface area (Å²) in [4.78, 5) is 12.3. The molecule has 0 saturated carbocycles. The number of rotatable bonds is 9. The Bertz CT molecular complexity index is 755. The minimum Gasteiger partial charge on any atom is -0.493 e. The predicted octanol–water partition coefficient (Wildman–Crippen LogP) is 4.28. The van der Waals surface area contributed by atoms with E-state index < -0.39 is 0 Å². The predicted molar refractivity (Wildman–Crippen MR) is 104 cm³/mol. The van der Waals surface area contributed by atoms with Crippen LogP contribution in [0.25, 0.3) is 6.08 Å². The summed E-state index contributed by atoms with van der Waals surface area (Å²) in [5.41, 5.74) is 2.66. The van der Waals surface area contributed by atoms with Gasteiger partial charge in [-0.2, -0.15) is 0 Å². The highest BCUT2D eigenvalue weighted by Gasteiger charge is 2.10. The average molecular weight is 355 g/mol. The van der Waals surface area contributed by atoms with Crippen LogP contribution in [0, 0.1) is 0 Å². The van der Waals surface area contributed by atoms with Gasteiger partial charge in [-0.25, -0.2) is 0 Å². The van der Waals surface area contributed by atoms with Gasteiger partial charge in [-0.15, -0.1) is 0 Å². The Kier molecular flexibility index (Phi) is 7.71. The molecule has 1 N–H and O–H groups in total. The van der Waals surface area contributed by atoms with Crippen LogP contribution in [-0.2, 0) is 16.1 Å². The van der Waals surface area contributed by atoms with E-state index in [1.807, 2.05) is 62.4 Å². The van der Waals surface area contributed by atoms with Gasteiger partial charge in [-0.1, -0.05) is 36.4 Å². The third-order valence-corrected chi connectivity index (χ3v) is 3.66. The molecule has 0 aliphatic heterocycles. The molecule has 138 valence electrons. The molecule has 2 aromatic rings. The third kappa shape index (κ3) is 5.63. The Balaban J connectivity index is 1.99. The molecular weight excluding hydrogens is 330 g/mol. The van der Waals surface area contributed by atoms with Crippen LogP contribution >= 0.6 is 0 Å². The number of ether oxygens (including phenoxy) is 3. The highest BCUT2D eigenvalue weighted by molar-refractivity contribution is 5.92. The number of benzene rings is 2. The highest BCUT2D eigenvalue weighted by Crippen LogP contribution is 2.28. The lowest BCUT2D eigenvalue weighted by molar-refractivity contribution is -0.118. The molecule has 0 fully saturated rings. The fraction of sp³-hybridized carbons (Fsp3) is 0.286. The van der Waals surface area contributed by atoms with Crippen molar-refractivity contribution in [3.8, 4) is 11.5 Å². The molecule has 0 aliphatic carbocycles. The first-order valence-corrected chi connectivity index (χ1v) is 8.57. The maximum atomic E-state index is 12.3. The molecule has 0 radical (unpaired) electrons. The number of amides is 1. The summed E-state index contributed by atoms with van der Waals surface area (Å²) in [6.45, 7) is 4.85. The average Bonchev–Trinajstić information content (AvgIpc) is 2.66. The Labute approximate surface area is 154 Å². The number of carbonyl (C=O) groups excluding carboxylic acids is 1. The van der Waals surface area contributed by atoms with Crippen LogP contribution in [0.4, 0.5) is 5.69 Å². The van der Waals surface area contributed by atoms with Crippen molar-refractivity contribution < 1.29 is 19.0 Å². The maximum Gasteiger partial charge on any atom is 0.262 e. The monoisotopic (exact) mass is 355 g/mol. The van der Waals surface area contributed by atoms with Crippen molar-refractivity contribution in [2.75, 3.05) is 25.6 Å². The molecule has 26 heavy (non-hydrogen) atoms. The molecule has 2 rings (SSSR count). The fourth-order valence-electron chi connectivity index (χ4n) is 2.41. The van der Waals surface area contributed by atoms with E-state index in [2.05, 4.69) is 5.32 Å². The molecule has 0 bridgehead atoms. The topological polar surface area (TPSA) is 56.8 Å². The molecule has 0 heterocycles. The van der Waals surface area contributed by atoms with Gasteiger partial charge in [-0.05, 0) is 37.6 Å². The lowest BCUT2D eigenvalue weighted by atomic mass is 10.2. The minimum atomic E-state index is -0.242. The van der Waals surface area contributed by atoms with Crippen molar-refractivity contribution in [2.24, 2.45) is 0 Å². The number of allylic oxidation sites excluding steroid dienone is 1. The number of methoxy groups -OCH3 is 1. The van der Waals surface area contributed by atoms with Gasteiger partial charge >= 0.3 is 0 Å². The van der Waals surface area contributed by atoms with Crippen LogP contribution in [0.5, 0.6) is 11.5 Å². The van der Waals surface area contributed by atoms with E-state index in [1.54, 1.807) is 13.2 Å². The fourth-order valence-corrected chi connectivity index (χ4v) is 2.41. The van der Waals surface area contributed by atoms with Gasteiger partial charge in [0.15, 0.2) is 18.1 Å². The van der Waals surface area contributed by atoms with E-state index in [0.717, 1.165) is 16.8 Å². The van der Waals surface area contributed by atoms with Gasteiger partial charge < -0.3 is 19.5 Å². The van der Waals surface area contributed by atoms with Crippen molar-refractivity contribution in [3.63, 3.8) is 0 Å². The summed E-state index contributed by atoms with van der Waals surface area (Å²) < 4.78 is 16.4. The van der Waals surface area contributed by atoms with Crippen LogP contribution in [0.15, 0.2) is 48.5 Å². The molecule has 0 spiro atoms. The van der Waals surface area contributed by atoms with Crippen LogP contribution in [0.3, 0.4) is 0 Å². The molecule has 0 saturated heterocycles. The van der Waals surface area contributed by atoms with Gasteiger partial charge in [-0.3, -0.25) is 4.79 Å². The molecule has 5 nitrogen and oxygen atoms in total. The molecule has 0 aromatic heterocycles. The molecule has 2 aromatic carbocycles. The molecule has 0 unspecified atom stereocenters. The Morgan fingerprint density at radius 1 is 1.15 bits per heavy atom. The van der Waals surface area contributed by atoms with E-state index in [4.69, 9.17) is 14.2 Å². The first-order valence-electron chi connectivity index (χ1n) is 8.57. The molecule has 0 atom stereocenters. The van der Waals surface area contributed by atoms with Crippen molar-refractivity contribution in [3.05, 3.63) is 59.7 Å². The second-order valence-electron chi connectivity index (χ2n) is 5.54. The first-order chi connectivity index (χ1) is 12.7. The number of hydrogen-bond acceptors (Lipinski definition) is 4. The molecule has 0 aliphatic rings. The third-order valence-electron chi connectivity index (χ3n) is 3.66. The second kappa shape index (κ2) is 10.3. The quantitative estimate of drug-likeness (QED) is 0.729. The Hall–Kier alpha value is -2.79. The number of anilines is 1. The van der Waals surface area contributed by atoms with Gasteiger partial charge in [0.1, 0.15) is 0 Å². The summed E-state index contributed by atoms with van der Waals surface area (Å²) in [7, 11) is 1.58. The van der Waals surface area contributed by atoms with Crippen LogP contribution in [0.1, 0.15) is 25.0 Å². The van der Waals surface area contributed by atoms with E-state index in [0.29, 0.717) is 24.7 Å². The van der Waals surface area contributed by atoms with Gasteiger partial charge in [0.25, 0.3) is 5.91 Å². The normalized spacial score (nSPS) is 10.7.